The Kier molecular flexibility index (Phi) is 5.54. The van der Waals surface area contributed by atoms with Crippen molar-refractivity contribution in [1.82, 2.24) is 0 Å². The Morgan fingerprint density at radius 1 is 1.24 bits per heavy atom. The van der Waals surface area contributed by atoms with E-state index in [1.54, 1.807) is 0 Å². The van der Waals surface area contributed by atoms with Crippen LogP contribution < -0.4 is 10.5 Å². The number of nitrogens with two attached hydrogens (primary N) is 1. The molecule has 1 aromatic carbocycles. The van der Waals surface area contributed by atoms with Crippen molar-refractivity contribution < 1.29 is 31.8 Å². The van der Waals surface area contributed by atoms with Crippen LogP contribution >= 0.6 is 0 Å². The average Bonchev–Trinajstić information content (AvgIpc) is 2.43. The number of carbonyl (C=O) groups is 1. The third kappa shape index (κ3) is 4.07. The van der Waals surface area contributed by atoms with Crippen LogP contribution in [0.5, 0.6) is 5.75 Å². The van der Waals surface area contributed by atoms with Crippen LogP contribution in [0.4, 0.5) is 17.6 Å². The second-order valence-electron chi connectivity index (χ2n) is 4.66. The van der Waals surface area contributed by atoms with E-state index in [2.05, 4.69) is 4.74 Å². The molecule has 0 saturated heterocycles. The first-order valence-corrected chi connectivity index (χ1v) is 6.03. The predicted octanol–water partition coefficient (Wildman–Crippen LogP) is 2.29. The maximum absolute atomic E-state index is 13.3. The Hall–Kier alpha value is -1.83. The SMILES string of the molecule is COC(=O)C(C)(N)CCCOc1c(F)c(F)cc(F)c1F. The van der Waals surface area contributed by atoms with Gasteiger partial charge in [-0.05, 0) is 19.8 Å². The highest BCUT2D eigenvalue weighted by Gasteiger charge is 2.29. The summed E-state index contributed by atoms with van der Waals surface area (Å²) >= 11 is 0. The van der Waals surface area contributed by atoms with Crippen molar-refractivity contribution in [2.24, 2.45) is 5.73 Å². The topological polar surface area (TPSA) is 61.5 Å². The zero-order valence-corrected chi connectivity index (χ0v) is 11.5. The normalized spacial score (nSPS) is 13.7. The van der Waals surface area contributed by atoms with Gasteiger partial charge >= 0.3 is 5.97 Å². The standard InChI is InChI=1S/C13H15F4NO3/c1-13(18,12(19)20-2)4-3-5-21-11-9(16)7(14)6-8(15)10(11)17/h6H,3-5,18H2,1-2H3. The first kappa shape index (κ1) is 17.2. The lowest BCUT2D eigenvalue weighted by Gasteiger charge is -2.21. The van der Waals surface area contributed by atoms with Gasteiger partial charge in [-0.3, -0.25) is 4.79 Å². The highest BCUT2D eigenvalue weighted by Crippen LogP contribution is 2.26. The first-order valence-electron chi connectivity index (χ1n) is 6.03. The number of benzene rings is 1. The largest absolute Gasteiger partial charge is 0.487 e. The lowest BCUT2D eigenvalue weighted by atomic mass is 9.98. The Balaban J connectivity index is 2.64. The molecule has 2 N–H and O–H groups in total. The van der Waals surface area contributed by atoms with Crippen LogP contribution in [0.25, 0.3) is 0 Å². The first-order chi connectivity index (χ1) is 9.70. The van der Waals surface area contributed by atoms with Crippen LogP contribution in [0.15, 0.2) is 6.07 Å². The van der Waals surface area contributed by atoms with E-state index < -0.39 is 40.5 Å². The number of methoxy groups -OCH3 is 1. The van der Waals surface area contributed by atoms with E-state index >= 15 is 0 Å². The Morgan fingerprint density at radius 2 is 1.76 bits per heavy atom. The van der Waals surface area contributed by atoms with Crippen molar-refractivity contribution in [2.45, 2.75) is 25.3 Å². The second kappa shape index (κ2) is 6.75. The molecule has 0 saturated carbocycles. The molecule has 1 rings (SSSR count). The average molecular weight is 309 g/mol. The van der Waals surface area contributed by atoms with Gasteiger partial charge in [0.1, 0.15) is 5.54 Å². The number of esters is 1. The zero-order chi connectivity index (χ0) is 16.2. The molecule has 118 valence electrons. The van der Waals surface area contributed by atoms with Crippen molar-refractivity contribution in [3.8, 4) is 5.75 Å². The van der Waals surface area contributed by atoms with E-state index in [4.69, 9.17) is 10.5 Å². The van der Waals surface area contributed by atoms with E-state index in [-0.39, 0.29) is 25.5 Å². The second-order valence-corrected chi connectivity index (χ2v) is 4.66. The molecule has 0 spiro atoms. The highest BCUT2D eigenvalue weighted by molar-refractivity contribution is 5.79. The molecule has 0 radical (unpaired) electrons. The van der Waals surface area contributed by atoms with Gasteiger partial charge in [0.15, 0.2) is 17.4 Å². The van der Waals surface area contributed by atoms with Gasteiger partial charge < -0.3 is 15.2 Å². The number of ether oxygens (including phenoxy) is 2. The fourth-order valence-electron chi connectivity index (χ4n) is 1.63. The molecule has 0 aliphatic carbocycles. The fourth-order valence-corrected chi connectivity index (χ4v) is 1.63. The van der Waals surface area contributed by atoms with Gasteiger partial charge in [0.25, 0.3) is 0 Å². The number of hydrogen-bond donors (Lipinski definition) is 1. The minimum absolute atomic E-state index is 0.0890. The van der Waals surface area contributed by atoms with Crippen molar-refractivity contribution in [1.29, 1.82) is 0 Å². The molecule has 0 amide bonds. The van der Waals surface area contributed by atoms with Crippen LogP contribution in [0.1, 0.15) is 19.8 Å². The summed E-state index contributed by atoms with van der Waals surface area (Å²) in [7, 11) is 1.17. The zero-order valence-electron chi connectivity index (χ0n) is 11.5. The van der Waals surface area contributed by atoms with Crippen molar-refractivity contribution in [3.63, 3.8) is 0 Å². The van der Waals surface area contributed by atoms with Gasteiger partial charge in [-0.25, -0.2) is 8.78 Å². The number of carbonyl (C=O) groups excluding carboxylic acids is 1. The van der Waals surface area contributed by atoms with Crippen LogP contribution in [0.3, 0.4) is 0 Å². The highest BCUT2D eigenvalue weighted by atomic mass is 19.2. The Labute approximate surface area is 118 Å². The summed E-state index contributed by atoms with van der Waals surface area (Å²) in [6.07, 6.45) is 0.222. The molecular weight excluding hydrogens is 294 g/mol. The van der Waals surface area contributed by atoms with Crippen LogP contribution in [0, 0.1) is 23.3 Å². The van der Waals surface area contributed by atoms with Gasteiger partial charge in [0, 0.05) is 6.07 Å². The molecule has 1 unspecified atom stereocenters. The maximum atomic E-state index is 13.3. The quantitative estimate of drug-likeness (QED) is 0.379. The van der Waals surface area contributed by atoms with E-state index in [9.17, 15) is 22.4 Å². The molecule has 8 heteroatoms. The summed E-state index contributed by atoms with van der Waals surface area (Å²) in [5.74, 6) is -8.13. The third-order valence-electron chi connectivity index (χ3n) is 2.81. The van der Waals surface area contributed by atoms with Gasteiger partial charge in [0.2, 0.25) is 11.6 Å². The number of rotatable bonds is 6. The summed E-state index contributed by atoms with van der Waals surface area (Å²) in [4.78, 5) is 11.3. The van der Waals surface area contributed by atoms with Gasteiger partial charge in [-0.15, -0.1) is 0 Å². The molecule has 4 nitrogen and oxygen atoms in total. The monoisotopic (exact) mass is 309 g/mol. The molecule has 0 bridgehead atoms. The maximum Gasteiger partial charge on any atom is 0.325 e. The lowest BCUT2D eigenvalue weighted by molar-refractivity contribution is -0.146. The fraction of sp³-hybridized carbons (Fsp3) is 0.462. The predicted molar refractivity (Wildman–Crippen MR) is 65.6 cm³/mol. The van der Waals surface area contributed by atoms with E-state index in [1.807, 2.05) is 0 Å². The Morgan fingerprint density at radius 3 is 2.24 bits per heavy atom. The summed E-state index contributed by atoms with van der Waals surface area (Å²) in [5.41, 5.74) is 4.37. The van der Waals surface area contributed by atoms with Gasteiger partial charge in [-0.1, -0.05) is 0 Å². The van der Waals surface area contributed by atoms with E-state index in [0.717, 1.165) is 0 Å². The minimum Gasteiger partial charge on any atom is -0.487 e. The minimum atomic E-state index is -1.61. The van der Waals surface area contributed by atoms with Crippen molar-refractivity contribution in [2.75, 3.05) is 13.7 Å². The number of halogens is 4. The molecular formula is C13H15F4NO3. The molecule has 1 atom stereocenters. The number of hydrogen-bond acceptors (Lipinski definition) is 4. The smallest absolute Gasteiger partial charge is 0.325 e. The van der Waals surface area contributed by atoms with Crippen LogP contribution in [-0.2, 0) is 9.53 Å². The van der Waals surface area contributed by atoms with Crippen molar-refractivity contribution in [3.05, 3.63) is 29.3 Å². The Bertz CT molecular complexity index is 508. The van der Waals surface area contributed by atoms with Gasteiger partial charge in [-0.2, -0.15) is 8.78 Å². The molecule has 21 heavy (non-hydrogen) atoms. The van der Waals surface area contributed by atoms with Crippen molar-refractivity contribution >= 4 is 5.97 Å². The lowest BCUT2D eigenvalue weighted by Crippen LogP contribution is -2.45. The van der Waals surface area contributed by atoms with Crippen LogP contribution in [-0.4, -0.2) is 25.2 Å². The summed E-state index contributed by atoms with van der Waals surface area (Å²) in [6, 6.07) is 0.0890. The molecule has 0 aromatic heterocycles. The molecule has 0 aliphatic heterocycles. The summed E-state index contributed by atoms with van der Waals surface area (Å²) < 4.78 is 61.6. The molecule has 0 heterocycles. The summed E-state index contributed by atoms with van der Waals surface area (Å²) in [6.45, 7) is 1.14. The van der Waals surface area contributed by atoms with Gasteiger partial charge in [0.05, 0.1) is 13.7 Å². The van der Waals surface area contributed by atoms with Crippen LogP contribution in [0.2, 0.25) is 0 Å². The molecule has 0 fully saturated rings. The van der Waals surface area contributed by atoms with E-state index in [0.29, 0.717) is 0 Å². The molecule has 0 aliphatic rings. The third-order valence-corrected chi connectivity index (χ3v) is 2.81. The van der Waals surface area contributed by atoms with E-state index in [1.165, 1.54) is 14.0 Å². The summed E-state index contributed by atoms with van der Waals surface area (Å²) in [5, 5.41) is 0. The molecule has 1 aromatic rings.